The molecule has 1 aliphatic heterocycles. The van der Waals surface area contributed by atoms with Gasteiger partial charge in [0.15, 0.2) is 11.6 Å². The molecule has 0 saturated carbocycles. The van der Waals surface area contributed by atoms with Crippen molar-refractivity contribution >= 4 is 17.5 Å². The van der Waals surface area contributed by atoms with Crippen molar-refractivity contribution in [3.8, 4) is 0 Å². The highest BCUT2D eigenvalue weighted by Crippen LogP contribution is 2.35. The van der Waals surface area contributed by atoms with E-state index < -0.39 is 41.7 Å². The molecule has 1 saturated heterocycles. The first kappa shape index (κ1) is 18.9. The van der Waals surface area contributed by atoms with E-state index in [0.29, 0.717) is 5.56 Å². The van der Waals surface area contributed by atoms with Crippen molar-refractivity contribution in [1.29, 1.82) is 0 Å². The third-order valence-corrected chi connectivity index (χ3v) is 4.62. The highest BCUT2D eigenvalue weighted by molar-refractivity contribution is 6.08. The van der Waals surface area contributed by atoms with Crippen LogP contribution in [0.1, 0.15) is 23.5 Å². The minimum Gasteiger partial charge on any atom is -0.344 e. The number of nitrogens with one attached hydrogen (secondary N) is 1. The number of alkyl halides is 2. The van der Waals surface area contributed by atoms with Crippen LogP contribution in [0.4, 0.5) is 23.2 Å². The molecule has 0 aliphatic carbocycles. The molecule has 4 nitrogen and oxygen atoms in total. The van der Waals surface area contributed by atoms with E-state index in [1.54, 1.807) is 0 Å². The van der Waals surface area contributed by atoms with Crippen molar-refractivity contribution in [2.75, 3.05) is 18.9 Å². The fraction of sp³-hybridized carbons (Fsp3) is 0.263. The van der Waals surface area contributed by atoms with Gasteiger partial charge in [-0.3, -0.25) is 9.59 Å². The maximum Gasteiger partial charge on any atom is 0.263 e. The molecule has 0 spiro atoms. The summed E-state index contributed by atoms with van der Waals surface area (Å²) in [6.07, 6.45) is -2.62. The van der Waals surface area contributed by atoms with Gasteiger partial charge in [-0.15, -0.1) is 0 Å². The number of halogens is 4. The van der Waals surface area contributed by atoms with Gasteiger partial charge in [0.2, 0.25) is 11.8 Å². The fourth-order valence-corrected chi connectivity index (χ4v) is 3.19. The summed E-state index contributed by atoms with van der Waals surface area (Å²) in [4.78, 5) is 26.4. The number of hydrogen-bond acceptors (Lipinski definition) is 2. The smallest absolute Gasteiger partial charge is 0.263 e. The number of amides is 2. The summed E-state index contributed by atoms with van der Waals surface area (Å²) in [6.45, 7) is 0.205. The lowest BCUT2D eigenvalue weighted by Gasteiger charge is -2.17. The molecule has 142 valence electrons. The van der Waals surface area contributed by atoms with Crippen molar-refractivity contribution in [1.82, 2.24) is 4.90 Å². The predicted octanol–water partition coefficient (Wildman–Crippen LogP) is 3.71. The Kier molecular flexibility index (Phi) is 5.16. The minimum atomic E-state index is -2.62. The van der Waals surface area contributed by atoms with Crippen LogP contribution in [0.15, 0.2) is 42.5 Å². The van der Waals surface area contributed by atoms with Gasteiger partial charge in [0.1, 0.15) is 5.92 Å². The van der Waals surface area contributed by atoms with Gasteiger partial charge in [-0.05, 0) is 17.7 Å². The molecule has 2 atom stereocenters. The zero-order valence-electron chi connectivity index (χ0n) is 14.3. The minimum absolute atomic E-state index is 0.167. The van der Waals surface area contributed by atoms with E-state index in [1.165, 1.54) is 48.3 Å². The molecular formula is C19H16F4N2O2. The first-order chi connectivity index (χ1) is 12.8. The van der Waals surface area contributed by atoms with E-state index in [1.807, 2.05) is 0 Å². The van der Waals surface area contributed by atoms with E-state index in [-0.39, 0.29) is 17.8 Å². The highest BCUT2D eigenvalue weighted by atomic mass is 19.3. The molecule has 0 radical (unpaired) electrons. The van der Waals surface area contributed by atoms with Crippen LogP contribution in [0.2, 0.25) is 0 Å². The number of carbonyl (C=O) groups excluding carboxylic acids is 2. The maximum atomic E-state index is 13.8. The van der Waals surface area contributed by atoms with Crippen molar-refractivity contribution < 1.29 is 27.2 Å². The van der Waals surface area contributed by atoms with Crippen molar-refractivity contribution in [3.05, 3.63) is 65.2 Å². The zero-order valence-corrected chi connectivity index (χ0v) is 14.3. The van der Waals surface area contributed by atoms with E-state index in [4.69, 9.17) is 0 Å². The number of likely N-dealkylation sites (tertiary alicyclic amines) is 1. The second kappa shape index (κ2) is 7.38. The summed E-state index contributed by atoms with van der Waals surface area (Å²) in [6, 6.07) is 8.70. The van der Waals surface area contributed by atoms with E-state index in [2.05, 4.69) is 5.32 Å². The average Bonchev–Trinajstić information content (AvgIpc) is 2.94. The molecule has 1 aliphatic rings. The first-order valence-corrected chi connectivity index (χ1v) is 8.17. The summed E-state index contributed by atoms with van der Waals surface area (Å²) in [5.41, 5.74) is 0.00498. The largest absolute Gasteiger partial charge is 0.344 e. The molecule has 0 unspecified atom stereocenters. The number of anilines is 1. The number of likely N-dealkylation sites (N-methyl/N-ethyl adjacent to an activating group) is 1. The number of rotatable bonds is 4. The molecule has 2 aromatic rings. The molecule has 8 heteroatoms. The Morgan fingerprint density at radius 3 is 2.44 bits per heavy atom. The standard InChI is InChI=1S/C19H16F4N2O2/c1-25-9-12(10-5-7-11(8-6-10)17(22)23)15(19(25)27)18(26)24-14-4-2-3-13(20)16(14)21/h2-8,12,15,17H,9H2,1H3,(H,24,26)/t12-,15+/m1/s1. The van der Waals surface area contributed by atoms with Crippen molar-refractivity contribution in [3.63, 3.8) is 0 Å². The molecule has 2 aromatic carbocycles. The summed E-state index contributed by atoms with van der Waals surface area (Å²) in [7, 11) is 1.51. The van der Waals surface area contributed by atoms with Gasteiger partial charge in [-0.1, -0.05) is 30.3 Å². The van der Waals surface area contributed by atoms with Gasteiger partial charge >= 0.3 is 0 Å². The Balaban J connectivity index is 1.87. The first-order valence-electron chi connectivity index (χ1n) is 8.17. The molecular weight excluding hydrogens is 364 g/mol. The third-order valence-electron chi connectivity index (χ3n) is 4.62. The van der Waals surface area contributed by atoms with Crippen LogP contribution in [-0.4, -0.2) is 30.3 Å². The Labute approximate surface area is 152 Å². The molecule has 1 fully saturated rings. The predicted molar refractivity (Wildman–Crippen MR) is 90.3 cm³/mol. The molecule has 27 heavy (non-hydrogen) atoms. The number of carbonyl (C=O) groups is 2. The highest BCUT2D eigenvalue weighted by Gasteiger charge is 2.44. The van der Waals surface area contributed by atoms with Crippen LogP contribution in [0.5, 0.6) is 0 Å². The van der Waals surface area contributed by atoms with Crippen LogP contribution in [0.3, 0.4) is 0 Å². The lowest BCUT2D eigenvalue weighted by atomic mass is 9.87. The quantitative estimate of drug-likeness (QED) is 0.649. The Morgan fingerprint density at radius 1 is 1.15 bits per heavy atom. The summed E-state index contributed by atoms with van der Waals surface area (Å²) in [5, 5.41) is 2.25. The summed E-state index contributed by atoms with van der Waals surface area (Å²) < 4.78 is 52.6. The zero-order chi connectivity index (χ0) is 19.7. The Morgan fingerprint density at radius 2 is 1.81 bits per heavy atom. The lowest BCUT2D eigenvalue weighted by molar-refractivity contribution is -0.135. The van der Waals surface area contributed by atoms with Crippen LogP contribution in [0.25, 0.3) is 0 Å². The van der Waals surface area contributed by atoms with E-state index in [0.717, 1.165) is 6.07 Å². The van der Waals surface area contributed by atoms with Crippen molar-refractivity contribution in [2.24, 2.45) is 5.92 Å². The molecule has 1 N–H and O–H groups in total. The Hall–Kier alpha value is -2.90. The molecule has 1 heterocycles. The topological polar surface area (TPSA) is 49.4 Å². The lowest BCUT2D eigenvalue weighted by Crippen LogP contribution is -2.33. The van der Waals surface area contributed by atoms with E-state index in [9.17, 15) is 27.2 Å². The molecule has 2 amide bonds. The SMILES string of the molecule is CN1C[C@H](c2ccc(C(F)F)cc2)[C@@H](C(=O)Nc2cccc(F)c2F)C1=O. The normalized spacial score (nSPS) is 19.6. The summed E-state index contributed by atoms with van der Waals surface area (Å²) >= 11 is 0. The number of nitrogens with zero attached hydrogens (tertiary/aromatic N) is 1. The van der Waals surface area contributed by atoms with Gasteiger partial charge < -0.3 is 10.2 Å². The number of hydrogen-bond donors (Lipinski definition) is 1. The number of benzene rings is 2. The van der Waals surface area contributed by atoms with Gasteiger partial charge in [-0.2, -0.15) is 0 Å². The van der Waals surface area contributed by atoms with Gasteiger partial charge in [0.05, 0.1) is 5.69 Å². The van der Waals surface area contributed by atoms with E-state index >= 15 is 0 Å². The third kappa shape index (κ3) is 3.65. The second-order valence-electron chi connectivity index (χ2n) is 6.36. The fourth-order valence-electron chi connectivity index (χ4n) is 3.19. The monoisotopic (exact) mass is 380 g/mol. The Bertz CT molecular complexity index is 871. The summed E-state index contributed by atoms with van der Waals surface area (Å²) in [5.74, 6) is -5.37. The van der Waals surface area contributed by atoms with Gasteiger partial charge in [0, 0.05) is 25.1 Å². The molecule has 0 bridgehead atoms. The molecule has 3 rings (SSSR count). The van der Waals surface area contributed by atoms with Crippen LogP contribution in [-0.2, 0) is 9.59 Å². The van der Waals surface area contributed by atoms with Crippen molar-refractivity contribution in [2.45, 2.75) is 12.3 Å². The second-order valence-corrected chi connectivity index (χ2v) is 6.36. The van der Waals surface area contributed by atoms with Crippen LogP contribution in [0, 0.1) is 17.6 Å². The van der Waals surface area contributed by atoms with Gasteiger partial charge in [0.25, 0.3) is 6.43 Å². The molecule has 0 aromatic heterocycles. The van der Waals surface area contributed by atoms with Gasteiger partial charge in [-0.25, -0.2) is 17.6 Å². The maximum absolute atomic E-state index is 13.8. The van der Waals surface area contributed by atoms with Crippen LogP contribution < -0.4 is 5.32 Å². The average molecular weight is 380 g/mol. The van der Waals surface area contributed by atoms with Crippen LogP contribution >= 0.6 is 0 Å².